The van der Waals surface area contributed by atoms with Crippen LogP contribution in [0.15, 0.2) is 54.9 Å². The number of anilines is 4. The van der Waals surface area contributed by atoms with Gasteiger partial charge in [-0.1, -0.05) is 42.0 Å². The summed E-state index contributed by atoms with van der Waals surface area (Å²) in [5, 5.41) is 3.31. The summed E-state index contributed by atoms with van der Waals surface area (Å²) in [6.45, 7) is 5.55. The van der Waals surface area contributed by atoms with Crippen LogP contribution >= 0.6 is 0 Å². The van der Waals surface area contributed by atoms with Crippen LogP contribution in [0, 0.1) is 12.7 Å². The Kier molecular flexibility index (Phi) is 5.46. The van der Waals surface area contributed by atoms with Crippen LogP contribution in [-0.4, -0.2) is 36.1 Å². The summed E-state index contributed by atoms with van der Waals surface area (Å²) in [6.07, 6.45) is 1.53. The summed E-state index contributed by atoms with van der Waals surface area (Å²) in [7, 11) is 0. The quantitative estimate of drug-likeness (QED) is 0.693. The first kappa shape index (κ1) is 19.0. The van der Waals surface area contributed by atoms with Crippen LogP contribution < -0.4 is 20.9 Å². The van der Waals surface area contributed by atoms with E-state index >= 15 is 0 Å². The molecule has 1 aliphatic rings. The van der Waals surface area contributed by atoms with Crippen LogP contribution in [0.25, 0.3) is 0 Å². The van der Waals surface area contributed by atoms with Crippen molar-refractivity contribution in [2.45, 2.75) is 13.5 Å². The van der Waals surface area contributed by atoms with Gasteiger partial charge in [-0.05, 0) is 24.6 Å². The Morgan fingerprint density at radius 1 is 0.966 bits per heavy atom. The molecular weight excluding hydrogens is 367 g/mol. The number of nitrogens with one attached hydrogen (secondary N) is 1. The molecule has 0 amide bonds. The minimum Gasteiger partial charge on any atom is -0.393 e. The number of benzene rings is 2. The summed E-state index contributed by atoms with van der Waals surface area (Å²) in [5.41, 5.74) is 9.94. The highest BCUT2D eigenvalue weighted by Crippen LogP contribution is 2.28. The van der Waals surface area contributed by atoms with Crippen LogP contribution in [0.3, 0.4) is 0 Å². The molecule has 2 heterocycles. The summed E-state index contributed by atoms with van der Waals surface area (Å²) >= 11 is 0. The number of hydrogen-bond acceptors (Lipinski definition) is 6. The highest BCUT2D eigenvalue weighted by molar-refractivity contribution is 5.75. The van der Waals surface area contributed by atoms with Crippen molar-refractivity contribution in [1.29, 1.82) is 0 Å². The second-order valence-corrected chi connectivity index (χ2v) is 7.22. The lowest BCUT2D eigenvalue weighted by atomic mass is 10.1. The first-order chi connectivity index (χ1) is 14.1. The van der Waals surface area contributed by atoms with Crippen LogP contribution in [-0.2, 0) is 6.54 Å². The van der Waals surface area contributed by atoms with Crippen molar-refractivity contribution >= 4 is 23.0 Å². The van der Waals surface area contributed by atoms with E-state index < -0.39 is 0 Å². The maximum absolute atomic E-state index is 14.1. The van der Waals surface area contributed by atoms with E-state index in [1.807, 2.05) is 12.1 Å². The van der Waals surface area contributed by atoms with Gasteiger partial charge in [-0.2, -0.15) is 0 Å². The van der Waals surface area contributed by atoms with Gasteiger partial charge in [0.25, 0.3) is 0 Å². The molecule has 0 radical (unpaired) electrons. The molecule has 0 spiro atoms. The SMILES string of the molecule is Cc1ccc(CNc2ncnc(N3CCN(c4ccccc4F)CC3)c2N)cc1. The van der Waals surface area contributed by atoms with Gasteiger partial charge in [-0.25, -0.2) is 14.4 Å². The molecule has 0 unspecified atom stereocenters. The van der Waals surface area contributed by atoms with Crippen LogP contribution in [0.4, 0.5) is 27.4 Å². The van der Waals surface area contributed by atoms with E-state index in [1.54, 1.807) is 6.07 Å². The third-order valence-corrected chi connectivity index (χ3v) is 5.22. The minimum absolute atomic E-state index is 0.190. The van der Waals surface area contributed by atoms with Gasteiger partial charge in [0.1, 0.15) is 17.8 Å². The zero-order valence-electron chi connectivity index (χ0n) is 16.5. The van der Waals surface area contributed by atoms with Crippen molar-refractivity contribution in [2.75, 3.05) is 47.0 Å². The van der Waals surface area contributed by atoms with E-state index in [9.17, 15) is 4.39 Å². The minimum atomic E-state index is -0.190. The molecular formula is C22H25FN6. The Hall–Kier alpha value is -3.35. The Morgan fingerprint density at radius 2 is 1.66 bits per heavy atom. The van der Waals surface area contributed by atoms with Crippen LogP contribution in [0.5, 0.6) is 0 Å². The molecule has 6 nitrogen and oxygen atoms in total. The predicted molar refractivity (Wildman–Crippen MR) is 116 cm³/mol. The van der Waals surface area contributed by atoms with Crippen molar-refractivity contribution in [3.63, 3.8) is 0 Å². The number of aromatic nitrogens is 2. The number of aryl methyl sites for hydroxylation is 1. The normalized spacial score (nSPS) is 14.1. The van der Waals surface area contributed by atoms with Crippen molar-refractivity contribution < 1.29 is 4.39 Å². The fourth-order valence-corrected chi connectivity index (χ4v) is 3.54. The summed E-state index contributed by atoms with van der Waals surface area (Å²) in [5.74, 6) is 1.16. The molecule has 3 aromatic rings. The second-order valence-electron chi connectivity index (χ2n) is 7.22. The van der Waals surface area contributed by atoms with Crippen molar-refractivity contribution in [3.8, 4) is 0 Å². The molecule has 0 saturated carbocycles. The summed E-state index contributed by atoms with van der Waals surface area (Å²) < 4.78 is 14.1. The molecule has 1 aliphatic heterocycles. The first-order valence-electron chi connectivity index (χ1n) is 9.76. The van der Waals surface area contributed by atoms with E-state index in [2.05, 4.69) is 56.3 Å². The van der Waals surface area contributed by atoms with Gasteiger partial charge in [-0.15, -0.1) is 0 Å². The fourth-order valence-electron chi connectivity index (χ4n) is 3.54. The molecule has 7 heteroatoms. The molecule has 3 N–H and O–H groups in total. The number of rotatable bonds is 5. The monoisotopic (exact) mass is 392 g/mol. The maximum Gasteiger partial charge on any atom is 0.157 e. The molecule has 2 aromatic carbocycles. The lowest BCUT2D eigenvalue weighted by Gasteiger charge is -2.37. The molecule has 0 bridgehead atoms. The summed E-state index contributed by atoms with van der Waals surface area (Å²) in [4.78, 5) is 12.9. The fraction of sp³-hybridized carbons (Fsp3) is 0.273. The third kappa shape index (κ3) is 4.23. The predicted octanol–water partition coefficient (Wildman–Crippen LogP) is 3.45. The van der Waals surface area contributed by atoms with E-state index in [-0.39, 0.29) is 5.82 Å². The zero-order valence-corrected chi connectivity index (χ0v) is 16.5. The standard InChI is InChI=1S/C22H25FN6/c1-16-6-8-17(9-7-16)14-25-21-20(24)22(27-15-26-21)29-12-10-28(11-13-29)19-5-3-2-4-18(19)23/h2-9,15H,10-14,24H2,1H3,(H,25,26,27). The highest BCUT2D eigenvalue weighted by Gasteiger charge is 2.22. The third-order valence-electron chi connectivity index (χ3n) is 5.22. The number of halogens is 1. The molecule has 29 heavy (non-hydrogen) atoms. The van der Waals surface area contributed by atoms with Gasteiger partial charge in [-0.3, -0.25) is 0 Å². The van der Waals surface area contributed by atoms with Gasteiger partial charge in [0.2, 0.25) is 0 Å². The molecule has 0 aliphatic carbocycles. The van der Waals surface area contributed by atoms with Crippen molar-refractivity contribution in [3.05, 3.63) is 71.8 Å². The van der Waals surface area contributed by atoms with Gasteiger partial charge in [0, 0.05) is 32.7 Å². The molecule has 150 valence electrons. The topological polar surface area (TPSA) is 70.3 Å². The van der Waals surface area contributed by atoms with E-state index in [0.717, 1.165) is 11.4 Å². The van der Waals surface area contributed by atoms with Gasteiger partial charge < -0.3 is 20.9 Å². The van der Waals surface area contributed by atoms with Gasteiger partial charge in [0.15, 0.2) is 11.6 Å². The Morgan fingerprint density at radius 3 is 2.38 bits per heavy atom. The highest BCUT2D eigenvalue weighted by atomic mass is 19.1. The number of hydrogen-bond donors (Lipinski definition) is 2. The van der Waals surface area contributed by atoms with E-state index in [4.69, 9.17) is 5.73 Å². The van der Waals surface area contributed by atoms with E-state index in [0.29, 0.717) is 49.9 Å². The molecule has 4 rings (SSSR count). The van der Waals surface area contributed by atoms with Gasteiger partial charge in [0.05, 0.1) is 5.69 Å². The largest absolute Gasteiger partial charge is 0.393 e. The average molecular weight is 392 g/mol. The molecule has 0 atom stereocenters. The number of piperazine rings is 1. The molecule has 1 aromatic heterocycles. The zero-order chi connectivity index (χ0) is 20.2. The van der Waals surface area contributed by atoms with Gasteiger partial charge >= 0.3 is 0 Å². The second kappa shape index (κ2) is 8.34. The summed E-state index contributed by atoms with van der Waals surface area (Å²) in [6, 6.07) is 15.2. The smallest absolute Gasteiger partial charge is 0.157 e. The number of para-hydroxylation sites is 1. The molecule has 1 saturated heterocycles. The van der Waals surface area contributed by atoms with Crippen molar-refractivity contribution in [2.24, 2.45) is 0 Å². The molecule has 1 fully saturated rings. The van der Waals surface area contributed by atoms with Crippen molar-refractivity contribution in [1.82, 2.24) is 9.97 Å². The van der Waals surface area contributed by atoms with E-state index in [1.165, 1.54) is 18.0 Å². The number of nitrogens with zero attached hydrogens (tertiary/aromatic N) is 4. The Bertz CT molecular complexity index is 967. The Balaban J connectivity index is 1.42. The first-order valence-corrected chi connectivity index (χ1v) is 9.76. The average Bonchev–Trinajstić information content (AvgIpc) is 2.75. The number of nitrogen functional groups attached to an aromatic ring is 1. The maximum atomic E-state index is 14.1. The van der Waals surface area contributed by atoms with Crippen LogP contribution in [0.2, 0.25) is 0 Å². The van der Waals surface area contributed by atoms with Crippen LogP contribution in [0.1, 0.15) is 11.1 Å². The number of nitrogens with two attached hydrogens (primary N) is 1. The Labute approximate surface area is 170 Å². The lowest BCUT2D eigenvalue weighted by Crippen LogP contribution is -2.47. The lowest BCUT2D eigenvalue weighted by molar-refractivity contribution is 0.596.